The summed E-state index contributed by atoms with van der Waals surface area (Å²) in [6.07, 6.45) is 27.7. The van der Waals surface area contributed by atoms with Crippen molar-refractivity contribution in [2.75, 3.05) is 26.7 Å². The molecule has 0 spiro atoms. The van der Waals surface area contributed by atoms with Gasteiger partial charge in [0.05, 0.1) is 0 Å². The van der Waals surface area contributed by atoms with Crippen LogP contribution in [0.15, 0.2) is 72.9 Å². The molecule has 0 heterocycles. The van der Waals surface area contributed by atoms with E-state index < -0.39 is 0 Å². The third-order valence-electron chi connectivity index (χ3n) is 5.26. The predicted molar refractivity (Wildman–Crippen MR) is 149 cm³/mol. The Morgan fingerprint density at radius 1 is 0.853 bits per heavy atom. The Bertz CT molecular complexity index is 739. The maximum atomic E-state index is 11.9. The SMILES string of the molecule is CCCCCN(C)C/C=C\C/C=C\C/C=C\C/C=C\CCCCNC(=O)c1ccc(O)cc1.Cl. The molecule has 5 heteroatoms. The van der Waals surface area contributed by atoms with Crippen LogP contribution < -0.4 is 5.32 Å². The second-order valence-electron chi connectivity index (χ2n) is 8.36. The molecular formula is C29H45ClN2O2. The molecule has 0 aliphatic heterocycles. The number of nitrogens with zero attached hydrogens (tertiary/aromatic N) is 1. The molecule has 0 aromatic heterocycles. The second kappa shape index (κ2) is 22.5. The molecular weight excluding hydrogens is 444 g/mol. The van der Waals surface area contributed by atoms with E-state index in [1.807, 2.05) is 0 Å². The fourth-order valence-electron chi connectivity index (χ4n) is 3.21. The third-order valence-corrected chi connectivity index (χ3v) is 5.26. The van der Waals surface area contributed by atoms with Gasteiger partial charge in [0.25, 0.3) is 5.91 Å². The zero-order valence-corrected chi connectivity index (χ0v) is 21.9. The lowest BCUT2D eigenvalue weighted by atomic mass is 10.2. The Hall–Kier alpha value is -2.30. The van der Waals surface area contributed by atoms with Gasteiger partial charge in [0.2, 0.25) is 0 Å². The molecule has 0 saturated heterocycles. The van der Waals surface area contributed by atoms with Crippen molar-refractivity contribution in [2.45, 2.75) is 64.7 Å². The van der Waals surface area contributed by atoms with E-state index in [2.05, 4.69) is 72.8 Å². The van der Waals surface area contributed by atoms with Crippen LogP contribution in [0.4, 0.5) is 0 Å². The predicted octanol–water partition coefficient (Wildman–Crippen LogP) is 7.23. The number of hydrogen-bond donors (Lipinski definition) is 2. The molecule has 0 fully saturated rings. The Labute approximate surface area is 213 Å². The van der Waals surface area contributed by atoms with Gasteiger partial charge in [-0.3, -0.25) is 4.79 Å². The standard InChI is InChI=1S/C29H44N2O2.ClH/c1-3-4-18-25-31(2)26-19-16-14-12-10-8-6-5-7-9-11-13-15-17-24-30-29(33)27-20-22-28(32)23-21-27;/h5-6,9-12,16,19-23,32H,3-4,7-8,13-15,17-18,24-26H2,1-2H3,(H,30,33);1H/b6-5-,11-9-,12-10-,19-16-;. The first kappa shape index (κ1) is 31.7. The van der Waals surface area contributed by atoms with Gasteiger partial charge in [-0.15, -0.1) is 12.4 Å². The summed E-state index contributed by atoms with van der Waals surface area (Å²) in [5.41, 5.74) is 0.576. The lowest BCUT2D eigenvalue weighted by Gasteiger charge is -2.13. The van der Waals surface area contributed by atoms with Crippen molar-refractivity contribution < 1.29 is 9.90 Å². The van der Waals surface area contributed by atoms with Crippen molar-refractivity contribution in [3.63, 3.8) is 0 Å². The lowest BCUT2D eigenvalue weighted by molar-refractivity contribution is 0.0953. The van der Waals surface area contributed by atoms with E-state index in [1.54, 1.807) is 12.1 Å². The maximum Gasteiger partial charge on any atom is 0.251 e. The molecule has 1 rings (SSSR count). The number of phenols is 1. The van der Waals surface area contributed by atoms with Gasteiger partial charge in [-0.05, 0) is 82.8 Å². The van der Waals surface area contributed by atoms with E-state index >= 15 is 0 Å². The number of phenolic OH excluding ortho intramolecular Hbond substituents is 1. The van der Waals surface area contributed by atoms with Gasteiger partial charge in [0.15, 0.2) is 0 Å². The van der Waals surface area contributed by atoms with Crippen LogP contribution in [0.3, 0.4) is 0 Å². The smallest absolute Gasteiger partial charge is 0.251 e. The van der Waals surface area contributed by atoms with Crippen LogP contribution in [0.1, 0.15) is 75.1 Å². The summed E-state index contributed by atoms with van der Waals surface area (Å²) in [6.45, 7) is 5.14. The van der Waals surface area contributed by atoms with E-state index in [1.165, 1.54) is 37.9 Å². The molecule has 2 N–H and O–H groups in total. The Balaban J connectivity index is 0.0000109. The summed E-state index contributed by atoms with van der Waals surface area (Å²) in [5.74, 6) is 0.0793. The summed E-state index contributed by atoms with van der Waals surface area (Å²) >= 11 is 0. The van der Waals surface area contributed by atoms with E-state index in [4.69, 9.17) is 0 Å². The molecule has 0 saturated carbocycles. The highest BCUT2D eigenvalue weighted by molar-refractivity contribution is 5.94. The first-order valence-electron chi connectivity index (χ1n) is 12.5. The quantitative estimate of drug-likeness (QED) is 0.169. The molecule has 4 nitrogen and oxygen atoms in total. The fraction of sp³-hybridized carbons (Fsp3) is 0.483. The van der Waals surface area contributed by atoms with Crippen LogP contribution >= 0.6 is 12.4 Å². The van der Waals surface area contributed by atoms with Gasteiger partial charge in [-0.25, -0.2) is 0 Å². The van der Waals surface area contributed by atoms with Crippen molar-refractivity contribution in [2.24, 2.45) is 0 Å². The van der Waals surface area contributed by atoms with Crippen molar-refractivity contribution in [1.82, 2.24) is 10.2 Å². The minimum absolute atomic E-state index is 0. The molecule has 0 bridgehead atoms. The zero-order chi connectivity index (χ0) is 24.0. The van der Waals surface area contributed by atoms with Crippen LogP contribution in [-0.2, 0) is 0 Å². The molecule has 0 unspecified atom stereocenters. The first-order chi connectivity index (χ1) is 16.1. The molecule has 0 radical (unpaired) electrons. The van der Waals surface area contributed by atoms with Gasteiger partial charge in [-0.2, -0.15) is 0 Å². The normalized spacial score (nSPS) is 11.9. The van der Waals surface area contributed by atoms with Crippen molar-refractivity contribution in [1.29, 1.82) is 0 Å². The van der Waals surface area contributed by atoms with Crippen LogP contribution in [0.5, 0.6) is 5.75 Å². The molecule has 0 aliphatic carbocycles. The fourth-order valence-corrected chi connectivity index (χ4v) is 3.21. The van der Waals surface area contributed by atoms with Crippen molar-refractivity contribution in [3.05, 3.63) is 78.4 Å². The minimum atomic E-state index is -0.0915. The summed E-state index contributed by atoms with van der Waals surface area (Å²) in [4.78, 5) is 14.3. The summed E-state index contributed by atoms with van der Waals surface area (Å²) < 4.78 is 0. The number of unbranched alkanes of at least 4 members (excludes halogenated alkanes) is 4. The average molecular weight is 489 g/mol. The topological polar surface area (TPSA) is 52.6 Å². The van der Waals surface area contributed by atoms with E-state index in [9.17, 15) is 9.90 Å². The molecule has 1 amide bonds. The molecule has 1 aromatic carbocycles. The Morgan fingerprint density at radius 3 is 2.06 bits per heavy atom. The highest BCUT2D eigenvalue weighted by Crippen LogP contribution is 2.09. The average Bonchev–Trinajstić information content (AvgIpc) is 2.81. The molecule has 0 atom stereocenters. The number of carbonyl (C=O) groups excluding carboxylic acids is 1. The number of benzene rings is 1. The monoisotopic (exact) mass is 488 g/mol. The van der Waals surface area contributed by atoms with Crippen molar-refractivity contribution >= 4 is 18.3 Å². The highest BCUT2D eigenvalue weighted by Gasteiger charge is 2.03. The van der Waals surface area contributed by atoms with E-state index in [0.717, 1.165) is 45.1 Å². The summed E-state index contributed by atoms with van der Waals surface area (Å²) in [5, 5.41) is 12.2. The van der Waals surface area contributed by atoms with Crippen LogP contribution in [0.2, 0.25) is 0 Å². The largest absolute Gasteiger partial charge is 0.508 e. The number of likely N-dealkylation sites (N-methyl/N-ethyl adjacent to an activating group) is 1. The summed E-state index contributed by atoms with van der Waals surface area (Å²) in [7, 11) is 2.19. The number of hydrogen-bond acceptors (Lipinski definition) is 3. The van der Waals surface area contributed by atoms with Gasteiger partial charge in [-0.1, -0.05) is 68.4 Å². The summed E-state index contributed by atoms with van der Waals surface area (Å²) in [6, 6.07) is 6.31. The van der Waals surface area contributed by atoms with Gasteiger partial charge < -0.3 is 15.3 Å². The Morgan fingerprint density at radius 2 is 1.44 bits per heavy atom. The van der Waals surface area contributed by atoms with Gasteiger partial charge >= 0.3 is 0 Å². The maximum absolute atomic E-state index is 11.9. The van der Waals surface area contributed by atoms with Gasteiger partial charge in [0, 0.05) is 18.7 Å². The number of carbonyl (C=O) groups is 1. The van der Waals surface area contributed by atoms with E-state index in [-0.39, 0.29) is 24.1 Å². The number of rotatable bonds is 18. The molecule has 1 aromatic rings. The molecule has 190 valence electrons. The number of halogens is 1. The van der Waals surface area contributed by atoms with Crippen molar-refractivity contribution in [3.8, 4) is 5.75 Å². The lowest BCUT2D eigenvalue weighted by Crippen LogP contribution is -2.24. The van der Waals surface area contributed by atoms with E-state index in [0.29, 0.717) is 12.1 Å². The number of allylic oxidation sites excluding steroid dienone is 7. The van der Waals surface area contributed by atoms with Crippen LogP contribution in [0.25, 0.3) is 0 Å². The van der Waals surface area contributed by atoms with Crippen LogP contribution in [-0.4, -0.2) is 42.6 Å². The number of nitrogens with one attached hydrogen (secondary N) is 1. The second-order valence-corrected chi connectivity index (χ2v) is 8.36. The third kappa shape index (κ3) is 18.2. The zero-order valence-electron chi connectivity index (χ0n) is 21.1. The number of aromatic hydroxyl groups is 1. The molecule has 34 heavy (non-hydrogen) atoms. The Kier molecular flexibility index (Phi) is 21.0. The first-order valence-corrected chi connectivity index (χ1v) is 12.5. The minimum Gasteiger partial charge on any atom is -0.508 e. The molecule has 0 aliphatic rings. The number of amides is 1. The van der Waals surface area contributed by atoms with Crippen LogP contribution in [0, 0.1) is 0 Å². The highest BCUT2D eigenvalue weighted by atomic mass is 35.5. The van der Waals surface area contributed by atoms with Gasteiger partial charge in [0.1, 0.15) is 5.75 Å².